The molecule has 2 aromatic rings. The molecule has 4 rings (SSSR count). The fourth-order valence-electron chi connectivity index (χ4n) is 4.06. The predicted molar refractivity (Wildman–Crippen MR) is 122 cm³/mol. The molecule has 0 amide bonds. The van der Waals surface area contributed by atoms with Gasteiger partial charge in [-0.25, -0.2) is 0 Å². The summed E-state index contributed by atoms with van der Waals surface area (Å²) in [6, 6.07) is 9.74. The molecule has 1 atom stereocenters. The number of nitrogens with two attached hydrogens (primary N) is 1. The number of rotatable bonds is 6. The Balaban J connectivity index is 1.89. The van der Waals surface area contributed by atoms with E-state index < -0.39 is 5.92 Å². The average molecular weight is 454 g/mol. The summed E-state index contributed by atoms with van der Waals surface area (Å²) in [6.45, 7) is 2.11. The highest BCUT2D eigenvalue weighted by Gasteiger charge is 2.42. The van der Waals surface area contributed by atoms with Gasteiger partial charge in [-0.1, -0.05) is 48.2 Å². The number of hydrogen-bond donors (Lipinski definition) is 1. The second-order valence-corrected chi connectivity index (χ2v) is 9.56. The first-order valence-corrected chi connectivity index (χ1v) is 12.0. The lowest BCUT2D eigenvalue weighted by molar-refractivity contribution is -0.116. The first-order valence-electron chi connectivity index (χ1n) is 10.2. The topological polar surface area (TPSA) is 105 Å². The van der Waals surface area contributed by atoms with E-state index in [1.807, 2.05) is 24.3 Å². The quantitative estimate of drug-likeness (QED) is 0.644. The van der Waals surface area contributed by atoms with E-state index in [9.17, 15) is 10.1 Å². The third kappa shape index (κ3) is 3.82. The summed E-state index contributed by atoms with van der Waals surface area (Å²) < 4.78 is 6.40. The highest BCUT2D eigenvalue weighted by molar-refractivity contribution is 8.01. The molecular weight excluding hydrogens is 430 g/mol. The molecule has 0 saturated heterocycles. The third-order valence-corrected chi connectivity index (χ3v) is 7.63. The standard InChI is InChI=1S/C22H23N5O2S2/c1-3-11-30-22-26-25-21(31-22)27-15-8-6-9-16(28)19(15)18(14(12-23)20(27)24)13-7-4-5-10-17(13)29-2/h4-5,7,10,18H,3,6,8-9,11,24H2,1-2H3. The van der Waals surface area contributed by atoms with Crippen molar-refractivity contribution in [2.75, 3.05) is 17.8 Å². The van der Waals surface area contributed by atoms with E-state index in [1.54, 1.807) is 23.8 Å². The molecule has 1 aliphatic heterocycles. The first kappa shape index (κ1) is 21.4. The number of Topliss-reactive ketones (excluding diaryl/α,β-unsaturated/α-hetero) is 1. The molecule has 9 heteroatoms. The number of nitrogens with zero attached hydrogens (tertiary/aromatic N) is 4. The van der Waals surface area contributed by atoms with Crippen LogP contribution in [0, 0.1) is 11.3 Å². The van der Waals surface area contributed by atoms with Gasteiger partial charge in [0.15, 0.2) is 10.1 Å². The van der Waals surface area contributed by atoms with E-state index in [1.165, 1.54) is 11.3 Å². The fraction of sp³-hybridized carbons (Fsp3) is 0.364. The van der Waals surface area contributed by atoms with Crippen LogP contribution in [0.25, 0.3) is 0 Å². The van der Waals surface area contributed by atoms with Gasteiger partial charge in [0.05, 0.1) is 24.7 Å². The maximum atomic E-state index is 13.2. The zero-order valence-electron chi connectivity index (χ0n) is 17.4. The number of benzene rings is 1. The molecule has 2 aliphatic rings. The normalized spacial score (nSPS) is 18.8. The van der Waals surface area contributed by atoms with Gasteiger partial charge in [0.1, 0.15) is 11.6 Å². The highest BCUT2D eigenvalue weighted by Crippen LogP contribution is 2.48. The van der Waals surface area contributed by atoms with E-state index in [-0.39, 0.29) is 5.78 Å². The second kappa shape index (κ2) is 9.12. The van der Waals surface area contributed by atoms with Crippen LogP contribution in [0.2, 0.25) is 0 Å². The van der Waals surface area contributed by atoms with Crippen LogP contribution in [0.1, 0.15) is 44.1 Å². The summed E-state index contributed by atoms with van der Waals surface area (Å²) in [6.07, 6.45) is 2.90. The Labute approximate surface area is 189 Å². The monoisotopic (exact) mass is 453 g/mol. The zero-order valence-corrected chi connectivity index (χ0v) is 19.1. The summed E-state index contributed by atoms with van der Waals surface area (Å²) in [5.41, 5.74) is 9.10. The maximum absolute atomic E-state index is 13.2. The minimum atomic E-state index is -0.554. The number of carbonyl (C=O) groups excluding carboxylic acids is 1. The number of nitriles is 1. The van der Waals surface area contributed by atoms with Gasteiger partial charge in [-0.3, -0.25) is 9.69 Å². The zero-order chi connectivity index (χ0) is 22.0. The van der Waals surface area contributed by atoms with Gasteiger partial charge >= 0.3 is 0 Å². The van der Waals surface area contributed by atoms with Crippen molar-refractivity contribution in [3.8, 4) is 11.8 Å². The molecule has 0 radical (unpaired) electrons. The van der Waals surface area contributed by atoms with Crippen LogP contribution in [0.5, 0.6) is 5.75 Å². The Morgan fingerprint density at radius 3 is 2.90 bits per heavy atom. The number of aromatic nitrogens is 2. The van der Waals surface area contributed by atoms with Crippen molar-refractivity contribution >= 4 is 34.0 Å². The number of ketones is 1. The number of methoxy groups -OCH3 is 1. The van der Waals surface area contributed by atoms with Crippen LogP contribution in [-0.4, -0.2) is 28.8 Å². The molecule has 1 aliphatic carbocycles. The summed E-state index contributed by atoms with van der Waals surface area (Å²) in [4.78, 5) is 14.9. The fourth-order valence-corrected chi connectivity index (χ4v) is 5.87. The predicted octanol–water partition coefficient (Wildman–Crippen LogP) is 4.35. The Morgan fingerprint density at radius 1 is 1.35 bits per heavy atom. The molecule has 7 nitrogen and oxygen atoms in total. The van der Waals surface area contributed by atoms with Crippen molar-refractivity contribution in [2.24, 2.45) is 5.73 Å². The number of para-hydroxylation sites is 1. The lowest BCUT2D eigenvalue weighted by Crippen LogP contribution is -2.38. The second-order valence-electron chi connectivity index (χ2n) is 7.26. The molecule has 0 fully saturated rings. The number of thioether (sulfide) groups is 1. The summed E-state index contributed by atoms with van der Waals surface area (Å²) in [7, 11) is 1.59. The average Bonchev–Trinajstić information content (AvgIpc) is 3.25. The van der Waals surface area contributed by atoms with Crippen molar-refractivity contribution < 1.29 is 9.53 Å². The molecule has 0 bridgehead atoms. The summed E-state index contributed by atoms with van der Waals surface area (Å²) in [5, 5.41) is 19.3. The molecule has 160 valence electrons. The van der Waals surface area contributed by atoms with Gasteiger partial charge in [0.2, 0.25) is 5.13 Å². The lowest BCUT2D eigenvalue weighted by Gasteiger charge is -2.38. The molecular formula is C22H23N5O2S2. The number of allylic oxidation sites excluding steroid dienone is 3. The van der Waals surface area contributed by atoms with E-state index in [0.29, 0.717) is 40.7 Å². The minimum absolute atomic E-state index is 0.0347. The Hall–Kier alpha value is -2.83. The van der Waals surface area contributed by atoms with Crippen LogP contribution in [-0.2, 0) is 4.79 Å². The summed E-state index contributed by atoms with van der Waals surface area (Å²) >= 11 is 3.07. The van der Waals surface area contributed by atoms with Crippen molar-refractivity contribution in [1.29, 1.82) is 5.26 Å². The van der Waals surface area contributed by atoms with Gasteiger partial charge in [-0.05, 0) is 25.3 Å². The largest absolute Gasteiger partial charge is 0.496 e. The number of ether oxygens (including phenoxy) is 1. The van der Waals surface area contributed by atoms with E-state index in [2.05, 4.69) is 23.2 Å². The van der Waals surface area contributed by atoms with Crippen LogP contribution in [0.15, 0.2) is 51.3 Å². The third-order valence-electron chi connectivity index (χ3n) is 5.38. The van der Waals surface area contributed by atoms with Crippen LogP contribution >= 0.6 is 23.1 Å². The van der Waals surface area contributed by atoms with Crippen LogP contribution in [0.4, 0.5) is 5.13 Å². The SMILES string of the molecule is CCCSc1nnc(N2C(N)=C(C#N)C(c3ccccc3OC)C3=C2CCCC3=O)s1. The number of carbonyl (C=O) groups is 1. The van der Waals surface area contributed by atoms with Crippen molar-refractivity contribution in [1.82, 2.24) is 10.2 Å². The molecule has 2 heterocycles. The highest BCUT2D eigenvalue weighted by atomic mass is 32.2. The van der Waals surface area contributed by atoms with Gasteiger partial charge in [-0.2, -0.15) is 5.26 Å². The smallest absolute Gasteiger partial charge is 0.219 e. The van der Waals surface area contributed by atoms with E-state index >= 15 is 0 Å². The van der Waals surface area contributed by atoms with Crippen LogP contribution < -0.4 is 15.4 Å². The Kier molecular flexibility index (Phi) is 6.30. The molecule has 0 saturated carbocycles. The molecule has 31 heavy (non-hydrogen) atoms. The summed E-state index contributed by atoms with van der Waals surface area (Å²) in [5.74, 6) is 1.36. The Morgan fingerprint density at radius 2 is 2.16 bits per heavy atom. The molecule has 1 aromatic carbocycles. The number of anilines is 1. The van der Waals surface area contributed by atoms with Crippen molar-refractivity contribution in [2.45, 2.75) is 42.9 Å². The lowest BCUT2D eigenvalue weighted by atomic mass is 9.75. The van der Waals surface area contributed by atoms with E-state index in [0.717, 1.165) is 34.2 Å². The molecule has 1 unspecified atom stereocenters. The number of hydrogen-bond acceptors (Lipinski definition) is 9. The van der Waals surface area contributed by atoms with Gasteiger partial charge in [0.25, 0.3) is 0 Å². The van der Waals surface area contributed by atoms with Gasteiger partial charge in [-0.15, -0.1) is 10.2 Å². The van der Waals surface area contributed by atoms with Crippen LogP contribution in [0.3, 0.4) is 0 Å². The maximum Gasteiger partial charge on any atom is 0.219 e. The Bertz CT molecular complexity index is 1120. The van der Waals surface area contributed by atoms with Gasteiger partial charge in [0, 0.05) is 29.0 Å². The molecule has 2 N–H and O–H groups in total. The van der Waals surface area contributed by atoms with Crippen molar-refractivity contribution in [3.05, 3.63) is 52.5 Å². The minimum Gasteiger partial charge on any atom is -0.496 e. The van der Waals surface area contributed by atoms with Gasteiger partial charge < -0.3 is 10.5 Å². The van der Waals surface area contributed by atoms with E-state index in [4.69, 9.17) is 10.5 Å². The molecule has 1 aromatic heterocycles. The molecule has 0 spiro atoms. The first-order chi connectivity index (χ1) is 15.1. The van der Waals surface area contributed by atoms with Crippen molar-refractivity contribution in [3.63, 3.8) is 0 Å².